The average molecular weight is 434 g/mol. The van der Waals surface area contributed by atoms with Gasteiger partial charge in [-0.3, -0.25) is 0 Å². The van der Waals surface area contributed by atoms with Crippen molar-refractivity contribution >= 4 is 5.69 Å². The first-order valence-electron chi connectivity index (χ1n) is 11.1. The van der Waals surface area contributed by atoms with Gasteiger partial charge in [-0.1, -0.05) is 43.3 Å². The van der Waals surface area contributed by atoms with E-state index in [0.29, 0.717) is 29.4 Å². The summed E-state index contributed by atoms with van der Waals surface area (Å²) in [4.78, 5) is 2.31. The predicted octanol–water partition coefficient (Wildman–Crippen LogP) is 5.89. The molecule has 3 aromatic rings. The molecule has 32 heavy (non-hydrogen) atoms. The molecule has 5 nitrogen and oxygen atoms in total. The lowest BCUT2D eigenvalue weighted by atomic mass is 9.97. The van der Waals surface area contributed by atoms with Crippen LogP contribution < -0.4 is 19.1 Å². The highest BCUT2D eigenvalue weighted by Crippen LogP contribution is 2.44. The second-order valence-electron chi connectivity index (χ2n) is 8.35. The van der Waals surface area contributed by atoms with Gasteiger partial charge in [0.1, 0.15) is 18.1 Å². The van der Waals surface area contributed by atoms with Gasteiger partial charge in [0.2, 0.25) is 0 Å². The van der Waals surface area contributed by atoms with Crippen molar-refractivity contribution in [3.63, 3.8) is 0 Å². The number of rotatable bonds is 7. The largest absolute Gasteiger partial charge is 0.507 e. The Bertz CT molecular complexity index is 1040. The molecule has 4 rings (SSSR count). The molecule has 1 heterocycles. The summed E-state index contributed by atoms with van der Waals surface area (Å²) in [6, 6.07) is 19.5. The molecule has 1 aliphatic rings. The standard InChI is InChI=1S/C27H31NO4/c1-19-11-13-28(14-12-19)22-16-23(29)27(26(17-22)31-3)21-9-10-24(30-2)25(15-21)32-18-20-7-5-4-6-8-20/h4-10,15-17,19,29H,11-14,18H2,1-3H3. The zero-order chi connectivity index (χ0) is 22.5. The third-order valence-electron chi connectivity index (χ3n) is 6.12. The Balaban J connectivity index is 1.64. The minimum Gasteiger partial charge on any atom is -0.507 e. The van der Waals surface area contributed by atoms with Gasteiger partial charge in [-0.25, -0.2) is 0 Å². The van der Waals surface area contributed by atoms with Crippen LogP contribution in [0, 0.1) is 5.92 Å². The van der Waals surface area contributed by atoms with Crippen LogP contribution in [-0.4, -0.2) is 32.4 Å². The minimum absolute atomic E-state index is 0.192. The fourth-order valence-electron chi connectivity index (χ4n) is 4.17. The molecule has 1 N–H and O–H groups in total. The van der Waals surface area contributed by atoms with Crippen LogP contribution in [0.5, 0.6) is 23.0 Å². The van der Waals surface area contributed by atoms with Gasteiger partial charge >= 0.3 is 0 Å². The minimum atomic E-state index is 0.192. The van der Waals surface area contributed by atoms with Crippen molar-refractivity contribution in [2.24, 2.45) is 5.92 Å². The lowest BCUT2D eigenvalue weighted by molar-refractivity contribution is 0.284. The highest BCUT2D eigenvalue weighted by atomic mass is 16.5. The second-order valence-corrected chi connectivity index (χ2v) is 8.35. The highest BCUT2D eigenvalue weighted by Gasteiger charge is 2.21. The summed E-state index contributed by atoms with van der Waals surface area (Å²) in [7, 11) is 3.26. The fourth-order valence-corrected chi connectivity index (χ4v) is 4.17. The first-order valence-corrected chi connectivity index (χ1v) is 11.1. The van der Waals surface area contributed by atoms with Crippen molar-refractivity contribution in [1.82, 2.24) is 0 Å². The summed E-state index contributed by atoms with van der Waals surface area (Å²) in [5, 5.41) is 11.0. The van der Waals surface area contributed by atoms with E-state index in [1.807, 2.05) is 60.7 Å². The Labute approximate surface area is 190 Å². The van der Waals surface area contributed by atoms with Gasteiger partial charge in [-0.2, -0.15) is 0 Å². The molecule has 1 fully saturated rings. The third-order valence-corrected chi connectivity index (χ3v) is 6.12. The van der Waals surface area contributed by atoms with Gasteiger partial charge in [0.25, 0.3) is 0 Å². The number of phenolic OH excluding ortho intramolecular Hbond substituents is 1. The van der Waals surface area contributed by atoms with E-state index < -0.39 is 0 Å². The van der Waals surface area contributed by atoms with Gasteiger partial charge < -0.3 is 24.2 Å². The molecule has 5 heteroatoms. The van der Waals surface area contributed by atoms with Crippen molar-refractivity contribution < 1.29 is 19.3 Å². The van der Waals surface area contributed by atoms with Crippen molar-refractivity contribution in [3.05, 3.63) is 66.2 Å². The van der Waals surface area contributed by atoms with Crippen LogP contribution >= 0.6 is 0 Å². The van der Waals surface area contributed by atoms with Gasteiger partial charge in [0.05, 0.1) is 19.8 Å². The number of methoxy groups -OCH3 is 2. The Kier molecular flexibility index (Phi) is 6.74. The molecule has 1 aliphatic heterocycles. The van der Waals surface area contributed by atoms with Gasteiger partial charge in [0.15, 0.2) is 11.5 Å². The summed E-state index contributed by atoms with van der Waals surface area (Å²) >= 11 is 0. The van der Waals surface area contributed by atoms with Gasteiger partial charge in [-0.15, -0.1) is 0 Å². The molecule has 0 saturated carbocycles. The van der Waals surface area contributed by atoms with Gasteiger partial charge in [0, 0.05) is 30.9 Å². The number of anilines is 1. The van der Waals surface area contributed by atoms with Crippen LogP contribution in [0.15, 0.2) is 60.7 Å². The Hall–Kier alpha value is -3.34. The highest BCUT2D eigenvalue weighted by molar-refractivity contribution is 5.81. The number of nitrogens with zero attached hydrogens (tertiary/aromatic N) is 1. The molecule has 168 valence electrons. The molecule has 1 saturated heterocycles. The molecule has 0 radical (unpaired) electrons. The number of ether oxygens (including phenoxy) is 3. The van der Waals surface area contributed by atoms with E-state index in [9.17, 15) is 5.11 Å². The molecule has 0 unspecified atom stereocenters. The van der Waals surface area contributed by atoms with E-state index in [0.717, 1.165) is 48.7 Å². The summed E-state index contributed by atoms with van der Waals surface area (Å²) in [6.45, 7) is 4.70. The van der Waals surface area contributed by atoms with Crippen LogP contribution in [0.1, 0.15) is 25.3 Å². The summed E-state index contributed by atoms with van der Waals surface area (Å²) < 4.78 is 17.3. The molecular weight excluding hydrogens is 402 g/mol. The number of benzene rings is 3. The number of aromatic hydroxyl groups is 1. The monoisotopic (exact) mass is 433 g/mol. The van der Waals surface area contributed by atoms with E-state index in [2.05, 4.69) is 11.8 Å². The molecule has 0 atom stereocenters. The second kappa shape index (κ2) is 9.86. The lowest BCUT2D eigenvalue weighted by Gasteiger charge is -2.32. The molecule has 3 aromatic carbocycles. The Morgan fingerprint density at radius 1 is 0.875 bits per heavy atom. The lowest BCUT2D eigenvalue weighted by Crippen LogP contribution is -2.32. The summed E-state index contributed by atoms with van der Waals surface area (Å²) in [5.74, 6) is 2.83. The quantitative estimate of drug-likeness (QED) is 0.503. The topological polar surface area (TPSA) is 51.2 Å². The van der Waals surface area contributed by atoms with Crippen molar-refractivity contribution in [1.29, 1.82) is 0 Å². The molecule has 0 amide bonds. The number of hydrogen-bond acceptors (Lipinski definition) is 5. The molecule has 0 aromatic heterocycles. The van der Waals surface area contributed by atoms with E-state index in [-0.39, 0.29) is 5.75 Å². The van der Waals surface area contributed by atoms with Crippen molar-refractivity contribution in [2.75, 3.05) is 32.2 Å². The van der Waals surface area contributed by atoms with Crippen LogP contribution in [0.2, 0.25) is 0 Å². The fraction of sp³-hybridized carbons (Fsp3) is 0.333. The zero-order valence-electron chi connectivity index (χ0n) is 19.0. The van der Waals surface area contributed by atoms with E-state index in [1.54, 1.807) is 14.2 Å². The van der Waals surface area contributed by atoms with E-state index >= 15 is 0 Å². The first kappa shape index (κ1) is 21.9. The van der Waals surface area contributed by atoms with E-state index in [1.165, 1.54) is 0 Å². The van der Waals surface area contributed by atoms with Crippen LogP contribution in [0.25, 0.3) is 11.1 Å². The molecule has 0 bridgehead atoms. The number of piperidine rings is 1. The molecule has 0 spiro atoms. The van der Waals surface area contributed by atoms with Crippen LogP contribution in [-0.2, 0) is 6.61 Å². The first-order chi connectivity index (χ1) is 15.6. The predicted molar refractivity (Wildman–Crippen MR) is 128 cm³/mol. The smallest absolute Gasteiger partial charge is 0.162 e. The summed E-state index contributed by atoms with van der Waals surface area (Å²) in [6.07, 6.45) is 2.32. The Morgan fingerprint density at radius 3 is 2.28 bits per heavy atom. The third kappa shape index (κ3) is 4.77. The van der Waals surface area contributed by atoms with Gasteiger partial charge in [-0.05, 0) is 42.0 Å². The maximum absolute atomic E-state index is 11.0. The van der Waals surface area contributed by atoms with Crippen molar-refractivity contribution in [3.8, 4) is 34.1 Å². The average Bonchev–Trinajstić information content (AvgIpc) is 2.83. The van der Waals surface area contributed by atoms with Crippen molar-refractivity contribution in [2.45, 2.75) is 26.4 Å². The number of phenols is 1. The van der Waals surface area contributed by atoms with Crippen LogP contribution in [0.4, 0.5) is 5.69 Å². The SMILES string of the molecule is COc1ccc(-c2c(O)cc(N3CCC(C)CC3)cc2OC)cc1OCc1ccccc1. The van der Waals surface area contributed by atoms with Crippen LogP contribution in [0.3, 0.4) is 0 Å². The maximum Gasteiger partial charge on any atom is 0.162 e. The zero-order valence-corrected chi connectivity index (χ0v) is 19.0. The number of hydrogen-bond donors (Lipinski definition) is 1. The van der Waals surface area contributed by atoms with E-state index in [4.69, 9.17) is 14.2 Å². The summed E-state index contributed by atoms with van der Waals surface area (Å²) in [5.41, 5.74) is 3.51. The normalized spacial score (nSPS) is 14.3. The maximum atomic E-state index is 11.0. The molecule has 0 aliphatic carbocycles. The molecular formula is C27H31NO4. The Morgan fingerprint density at radius 2 is 1.59 bits per heavy atom.